The van der Waals surface area contributed by atoms with E-state index in [2.05, 4.69) is 44.0 Å². The Hall–Kier alpha value is -3.27. The van der Waals surface area contributed by atoms with Crippen molar-refractivity contribution in [1.82, 2.24) is 0 Å². The highest BCUT2D eigenvalue weighted by Crippen LogP contribution is 2.52. The number of rotatable bonds is 5. The number of para-hydroxylation sites is 1. The fourth-order valence-corrected chi connectivity index (χ4v) is 5.48. The molecule has 3 aromatic carbocycles. The van der Waals surface area contributed by atoms with Crippen LogP contribution in [0, 0.1) is 28.9 Å². The minimum Gasteiger partial charge on any atom is -0.257 e. The molecule has 4 heteroatoms. The lowest BCUT2D eigenvalue weighted by Crippen LogP contribution is -2.36. The van der Waals surface area contributed by atoms with Crippen molar-refractivity contribution in [3.8, 4) is 0 Å². The molecule has 2 aliphatic rings. The Labute approximate surface area is 207 Å². The predicted molar refractivity (Wildman–Crippen MR) is 140 cm³/mol. The van der Waals surface area contributed by atoms with Crippen molar-refractivity contribution in [1.29, 1.82) is 0 Å². The Bertz CT molecular complexity index is 1230. The van der Waals surface area contributed by atoms with E-state index in [1.807, 2.05) is 42.5 Å². The monoisotopic (exact) mass is 470 g/mol. The van der Waals surface area contributed by atoms with Gasteiger partial charge in [-0.1, -0.05) is 69.7 Å². The van der Waals surface area contributed by atoms with E-state index in [9.17, 15) is 8.78 Å². The van der Waals surface area contributed by atoms with E-state index in [1.54, 1.807) is 12.1 Å². The van der Waals surface area contributed by atoms with Crippen molar-refractivity contribution in [2.24, 2.45) is 22.4 Å². The van der Waals surface area contributed by atoms with Gasteiger partial charge in [0.2, 0.25) is 0 Å². The number of nitrogens with zero attached hydrogens (tertiary/aromatic N) is 2. The Morgan fingerprint density at radius 3 is 2.17 bits per heavy atom. The van der Waals surface area contributed by atoms with E-state index in [-0.39, 0.29) is 29.0 Å². The van der Waals surface area contributed by atoms with Crippen molar-refractivity contribution >= 4 is 17.5 Å². The molecule has 1 aliphatic carbocycles. The summed E-state index contributed by atoms with van der Waals surface area (Å²) in [5.74, 6) is 0.187. The molecular formula is C31H32F2N2. The molecule has 1 fully saturated rings. The summed E-state index contributed by atoms with van der Waals surface area (Å²) in [6, 6.07) is 23.7. The molecule has 0 amide bonds. The fraction of sp³-hybridized carbons (Fsp3) is 0.323. The zero-order valence-electron chi connectivity index (χ0n) is 20.6. The molecule has 3 aromatic rings. The molecule has 0 radical (unpaired) electrons. The summed E-state index contributed by atoms with van der Waals surface area (Å²) < 4.78 is 27.4. The van der Waals surface area contributed by atoms with Gasteiger partial charge in [0.25, 0.3) is 0 Å². The average molecular weight is 471 g/mol. The lowest BCUT2D eigenvalue weighted by molar-refractivity contribution is 0.168. The fourth-order valence-electron chi connectivity index (χ4n) is 5.48. The van der Waals surface area contributed by atoms with Crippen molar-refractivity contribution < 1.29 is 8.78 Å². The van der Waals surface area contributed by atoms with Gasteiger partial charge in [-0.05, 0) is 83.3 Å². The molecule has 0 saturated heterocycles. The van der Waals surface area contributed by atoms with Crippen LogP contribution in [0.5, 0.6) is 0 Å². The number of anilines is 1. The molecule has 3 unspecified atom stereocenters. The van der Waals surface area contributed by atoms with Gasteiger partial charge in [0.05, 0.1) is 17.4 Å². The van der Waals surface area contributed by atoms with Crippen LogP contribution >= 0.6 is 0 Å². The molecule has 1 aliphatic heterocycles. The number of hydrogen-bond acceptors (Lipinski definition) is 2. The number of halogens is 2. The topological polar surface area (TPSA) is 15.6 Å². The van der Waals surface area contributed by atoms with Gasteiger partial charge in [-0.15, -0.1) is 0 Å². The van der Waals surface area contributed by atoms with Crippen molar-refractivity contribution in [3.05, 3.63) is 107 Å². The highest BCUT2D eigenvalue weighted by molar-refractivity contribution is 6.08. The third kappa shape index (κ3) is 4.67. The standard InChI is InChI=1S/C31H32F2N2/c1-4-31(2,3)24-19-23(18-21-10-14-25(32)15-11-21)29-28(20-24)30(22-12-16-26(33)17-13-22)35(34-29)27-8-6-5-7-9-27/h5-18,24,28,30H,4,19-20H2,1-3H3/b23-18+. The highest BCUT2D eigenvalue weighted by Gasteiger charge is 2.47. The van der Waals surface area contributed by atoms with Crippen molar-refractivity contribution in [2.45, 2.75) is 46.1 Å². The first-order chi connectivity index (χ1) is 16.9. The molecule has 35 heavy (non-hydrogen) atoms. The number of fused-ring (bicyclic) bond motifs is 1. The Morgan fingerprint density at radius 2 is 1.54 bits per heavy atom. The average Bonchev–Trinajstić information content (AvgIpc) is 3.26. The maximum Gasteiger partial charge on any atom is 0.123 e. The lowest BCUT2D eigenvalue weighted by Gasteiger charge is -2.41. The largest absolute Gasteiger partial charge is 0.257 e. The minimum atomic E-state index is -0.233. The van der Waals surface area contributed by atoms with Gasteiger partial charge in [0.1, 0.15) is 11.6 Å². The normalized spacial score (nSPS) is 23.3. The van der Waals surface area contributed by atoms with E-state index in [0.717, 1.165) is 41.8 Å². The van der Waals surface area contributed by atoms with Gasteiger partial charge in [-0.3, -0.25) is 5.01 Å². The molecule has 2 nitrogen and oxygen atoms in total. The van der Waals surface area contributed by atoms with Gasteiger partial charge < -0.3 is 0 Å². The molecule has 0 aromatic heterocycles. The maximum absolute atomic E-state index is 13.8. The van der Waals surface area contributed by atoms with Crippen LogP contribution in [0.3, 0.4) is 0 Å². The first-order valence-corrected chi connectivity index (χ1v) is 12.5. The highest BCUT2D eigenvalue weighted by atomic mass is 19.1. The summed E-state index contributed by atoms with van der Waals surface area (Å²) in [6.45, 7) is 6.97. The van der Waals surface area contributed by atoms with E-state index in [1.165, 1.54) is 17.7 Å². The molecule has 1 heterocycles. The molecule has 0 bridgehead atoms. The summed E-state index contributed by atoms with van der Waals surface area (Å²) in [6.07, 6.45) is 5.22. The third-order valence-electron chi connectivity index (χ3n) is 8.00. The molecule has 1 saturated carbocycles. The molecule has 180 valence electrons. The quantitative estimate of drug-likeness (QED) is 0.365. The third-order valence-corrected chi connectivity index (χ3v) is 8.00. The van der Waals surface area contributed by atoms with Gasteiger partial charge >= 0.3 is 0 Å². The van der Waals surface area contributed by atoms with Crippen LogP contribution in [0.1, 0.15) is 57.2 Å². The van der Waals surface area contributed by atoms with Crippen LogP contribution in [0.4, 0.5) is 14.5 Å². The van der Waals surface area contributed by atoms with E-state index in [4.69, 9.17) is 5.10 Å². The number of hydrogen-bond donors (Lipinski definition) is 0. The first-order valence-electron chi connectivity index (χ1n) is 12.5. The molecule has 0 spiro atoms. The smallest absolute Gasteiger partial charge is 0.123 e. The van der Waals surface area contributed by atoms with Gasteiger partial charge in [-0.25, -0.2) is 8.78 Å². The number of benzene rings is 3. The molecule has 5 rings (SSSR count). The number of allylic oxidation sites excluding steroid dienone is 1. The molecule has 0 N–H and O–H groups in total. The maximum atomic E-state index is 13.8. The van der Waals surface area contributed by atoms with Gasteiger partial charge in [-0.2, -0.15) is 5.10 Å². The predicted octanol–water partition coefficient (Wildman–Crippen LogP) is 8.43. The summed E-state index contributed by atoms with van der Waals surface area (Å²) in [5.41, 5.74) is 5.54. The molecular weight excluding hydrogens is 438 g/mol. The summed E-state index contributed by atoms with van der Waals surface area (Å²) in [4.78, 5) is 0. The van der Waals surface area contributed by atoms with Crippen LogP contribution in [0.2, 0.25) is 0 Å². The van der Waals surface area contributed by atoms with Crippen LogP contribution in [-0.2, 0) is 0 Å². The Kier molecular flexibility index (Phi) is 6.31. The second-order valence-electron chi connectivity index (χ2n) is 10.5. The lowest BCUT2D eigenvalue weighted by atomic mass is 9.63. The minimum absolute atomic E-state index is 0.0138. The van der Waals surface area contributed by atoms with E-state index in [0.29, 0.717) is 5.92 Å². The second kappa shape index (κ2) is 9.41. The zero-order valence-corrected chi connectivity index (χ0v) is 20.6. The summed E-state index contributed by atoms with van der Waals surface area (Å²) in [5, 5.41) is 7.33. The van der Waals surface area contributed by atoms with E-state index < -0.39 is 0 Å². The Balaban J connectivity index is 1.64. The van der Waals surface area contributed by atoms with E-state index >= 15 is 0 Å². The van der Waals surface area contributed by atoms with Crippen LogP contribution in [-0.4, -0.2) is 5.71 Å². The van der Waals surface area contributed by atoms with Gasteiger partial charge in [0.15, 0.2) is 0 Å². The zero-order chi connectivity index (χ0) is 24.6. The van der Waals surface area contributed by atoms with Gasteiger partial charge in [0, 0.05) is 5.92 Å². The van der Waals surface area contributed by atoms with Crippen molar-refractivity contribution in [2.75, 3.05) is 5.01 Å². The number of hydrazone groups is 1. The summed E-state index contributed by atoms with van der Waals surface area (Å²) in [7, 11) is 0. The second-order valence-corrected chi connectivity index (χ2v) is 10.5. The molecule has 3 atom stereocenters. The van der Waals surface area contributed by atoms with Crippen LogP contribution < -0.4 is 5.01 Å². The summed E-state index contributed by atoms with van der Waals surface area (Å²) >= 11 is 0. The SMILES string of the molecule is CCC(C)(C)C1C/C(=C\c2ccc(F)cc2)C2=NN(c3ccccc3)C(c3ccc(F)cc3)C2C1. The Morgan fingerprint density at radius 1 is 0.914 bits per heavy atom. The van der Waals surface area contributed by atoms with Crippen molar-refractivity contribution in [3.63, 3.8) is 0 Å². The van der Waals surface area contributed by atoms with Crippen LogP contribution in [0.15, 0.2) is 89.5 Å². The van der Waals surface area contributed by atoms with Crippen LogP contribution in [0.25, 0.3) is 6.08 Å². The first kappa shape index (κ1) is 23.5.